The van der Waals surface area contributed by atoms with Crippen molar-refractivity contribution in [3.05, 3.63) is 72.1 Å². The fraction of sp³-hybridized carbons (Fsp3) is 0.477. The molecule has 3 N–H and O–H groups in total. The number of nitrogens with zero attached hydrogens (tertiary/aromatic N) is 2. The Labute approximate surface area is 347 Å². The molecule has 4 amide bonds. The summed E-state index contributed by atoms with van der Waals surface area (Å²) in [5, 5.41) is 5.72. The molecule has 2 aromatic heterocycles. The molecule has 60 heavy (non-hydrogen) atoms. The predicted octanol–water partition coefficient (Wildman–Crippen LogP) is 6.34. The van der Waals surface area contributed by atoms with Gasteiger partial charge in [0.2, 0.25) is 21.8 Å². The first-order valence-electron chi connectivity index (χ1n) is 20.6. The lowest BCUT2D eigenvalue weighted by Gasteiger charge is -2.30. The number of allylic oxidation sites excluding steroid dienone is 1. The highest BCUT2D eigenvalue weighted by Gasteiger charge is 2.62. The van der Waals surface area contributed by atoms with Gasteiger partial charge in [0.1, 0.15) is 46.2 Å². The summed E-state index contributed by atoms with van der Waals surface area (Å²) >= 11 is 0. The summed E-state index contributed by atoms with van der Waals surface area (Å²) in [6, 6.07) is 11.0. The van der Waals surface area contributed by atoms with E-state index in [0.717, 1.165) is 23.8 Å². The minimum absolute atomic E-state index is 0.0235. The zero-order valence-corrected chi connectivity index (χ0v) is 34.9. The fourth-order valence-electron chi connectivity index (χ4n) is 8.15. The molecule has 4 heterocycles. The number of alkyl carbamates (subject to hydrolysis) is 1. The van der Waals surface area contributed by atoms with Gasteiger partial charge < -0.3 is 29.4 Å². The molecule has 318 valence electrons. The lowest BCUT2D eigenvalue weighted by molar-refractivity contribution is -0.141. The van der Waals surface area contributed by atoms with Crippen LogP contribution in [0.25, 0.3) is 33.3 Å². The largest absolute Gasteiger partial charge is 0.484 e. The van der Waals surface area contributed by atoms with Gasteiger partial charge in [-0.1, -0.05) is 36.6 Å². The number of halogens is 1. The minimum atomic E-state index is -3.93. The third-order valence-corrected chi connectivity index (χ3v) is 13.3. The molecule has 16 heteroatoms. The number of aromatic nitrogens is 1. The highest BCUT2D eigenvalue weighted by atomic mass is 32.2. The first-order chi connectivity index (χ1) is 28.5. The van der Waals surface area contributed by atoms with Crippen LogP contribution in [0, 0.1) is 18.7 Å². The molecule has 2 aliphatic carbocycles. The zero-order valence-electron chi connectivity index (χ0n) is 34.1. The Kier molecular flexibility index (Phi) is 10.9. The van der Waals surface area contributed by atoms with Gasteiger partial charge in [0.25, 0.3) is 5.91 Å². The molecule has 14 nitrogen and oxygen atoms in total. The molecule has 2 aliphatic heterocycles. The van der Waals surface area contributed by atoms with Crippen molar-refractivity contribution >= 4 is 55.9 Å². The lowest BCUT2D eigenvalue weighted by Crippen LogP contribution is -2.58. The third kappa shape index (κ3) is 8.70. The van der Waals surface area contributed by atoms with E-state index in [4.69, 9.17) is 18.9 Å². The molecule has 0 spiro atoms. The molecule has 0 radical (unpaired) electrons. The van der Waals surface area contributed by atoms with E-state index in [1.165, 1.54) is 17.0 Å². The number of sulfonamides is 1. The van der Waals surface area contributed by atoms with Crippen molar-refractivity contribution in [2.24, 2.45) is 5.92 Å². The van der Waals surface area contributed by atoms with Crippen LogP contribution in [0.4, 0.5) is 9.18 Å². The number of pyridine rings is 1. The van der Waals surface area contributed by atoms with Crippen LogP contribution in [0.5, 0.6) is 5.75 Å². The molecule has 0 bridgehead atoms. The monoisotopic (exact) mass is 843 g/mol. The van der Waals surface area contributed by atoms with Crippen molar-refractivity contribution in [1.82, 2.24) is 25.2 Å². The number of benzene rings is 2. The average Bonchev–Trinajstić information content (AvgIpc) is 4.08. The van der Waals surface area contributed by atoms with E-state index in [0.29, 0.717) is 53.6 Å². The number of rotatable bonds is 7. The third-order valence-electron chi connectivity index (χ3n) is 11.5. The van der Waals surface area contributed by atoms with E-state index >= 15 is 0 Å². The molecule has 2 saturated carbocycles. The number of amides is 4. The number of nitrogens with one attached hydrogen (secondary N) is 3. The second kappa shape index (κ2) is 15.8. The summed E-state index contributed by atoms with van der Waals surface area (Å²) in [7, 11) is -3.93. The minimum Gasteiger partial charge on any atom is -0.484 e. The molecular weight excluding hydrogens is 794 g/mol. The summed E-state index contributed by atoms with van der Waals surface area (Å²) in [6.45, 7) is 7.02. The summed E-state index contributed by atoms with van der Waals surface area (Å²) in [4.78, 5) is 62.5. The number of furan rings is 1. The van der Waals surface area contributed by atoms with Gasteiger partial charge >= 0.3 is 6.09 Å². The van der Waals surface area contributed by atoms with Crippen molar-refractivity contribution in [1.29, 1.82) is 0 Å². The van der Waals surface area contributed by atoms with Crippen molar-refractivity contribution in [3.63, 3.8) is 0 Å². The molecule has 5 atom stereocenters. The second-order valence-electron chi connectivity index (χ2n) is 17.5. The normalized spacial score (nSPS) is 25.1. The number of carbonyl (C=O) groups is 4. The Morgan fingerprint density at radius 3 is 2.53 bits per heavy atom. The van der Waals surface area contributed by atoms with Gasteiger partial charge in [-0.2, -0.15) is 0 Å². The maximum absolute atomic E-state index is 14.7. The van der Waals surface area contributed by atoms with Crippen LogP contribution in [0.3, 0.4) is 0 Å². The molecule has 4 aromatic rings. The van der Waals surface area contributed by atoms with Crippen molar-refractivity contribution in [3.8, 4) is 17.0 Å². The smallest absolute Gasteiger partial charge is 0.408 e. The Balaban J connectivity index is 1.15. The summed E-state index contributed by atoms with van der Waals surface area (Å²) in [6.07, 6.45) is 6.29. The quantitative estimate of drug-likeness (QED) is 0.177. The van der Waals surface area contributed by atoms with Crippen LogP contribution in [-0.4, -0.2) is 83.2 Å². The standard InChI is InChI=1S/C44H50FN5O9S/c1-25-12-19-35-31(20-25)37-38(58-35)36(22-33(46-37)26-13-15-28(45)16-14-26)57-29-21-34-39(51)48-44(41(53)49-60(55,56)30-17-18-30)23-27(44)10-8-6-5-7-9-11-32(40(52)50(34)24-29)47-42(54)59-43(2,3)4/h8,10,12-16,19-20,22,27,29-30,32,34H,5-7,9,11,17-18,21,23-24H2,1-4H3,(H,47,54)(H,48,51)(H,49,53)/t27-,29-,32+,34+,44-/m1/s1. The molecule has 2 aromatic carbocycles. The van der Waals surface area contributed by atoms with Crippen LogP contribution >= 0.6 is 0 Å². The van der Waals surface area contributed by atoms with Crippen LogP contribution in [-0.2, 0) is 29.1 Å². The topological polar surface area (TPSA) is 186 Å². The van der Waals surface area contributed by atoms with Gasteiger partial charge in [-0.3, -0.25) is 19.1 Å². The Morgan fingerprint density at radius 2 is 1.80 bits per heavy atom. The van der Waals surface area contributed by atoms with E-state index in [1.54, 1.807) is 39.0 Å². The Morgan fingerprint density at radius 1 is 1.03 bits per heavy atom. The number of carbonyl (C=O) groups excluding carboxylic acids is 4. The van der Waals surface area contributed by atoms with Crippen LogP contribution < -0.4 is 20.1 Å². The maximum Gasteiger partial charge on any atom is 0.408 e. The van der Waals surface area contributed by atoms with Crippen molar-refractivity contribution in [2.45, 2.75) is 120 Å². The van der Waals surface area contributed by atoms with Crippen molar-refractivity contribution in [2.75, 3.05) is 6.54 Å². The van der Waals surface area contributed by atoms with Gasteiger partial charge in [0, 0.05) is 29.4 Å². The van der Waals surface area contributed by atoms with Crippen molar-refractivity contribution < 1.29 is 45.9 Å². The van der Waals surface area contributed by atoms with Gasteiger partial charge in [0.15, 0.2) is 11.3 Å². The molecular formula is C44H50FN5O9S. The van der Waals surface area contributed by atoms with E-state index in [1.807, 2.05) is 37.3 Å². The zero-order chi connectivity index (χ0) is 42.6. The van der Waals surface area contributed by atoms with Gasteiger partial charge in [-0.15, -0.1) is 0 Å². The number of aryl methyl sites for hydroxylation is 1. The number of hydrogen-bond acceptors (Lipinski definition) is 10. The van der Waals surface area contributed by atoms with Crippen LogP contribution in [0.15, 0.2) is 65.1 Å². The predicted molar refractivity (Wildman–Crippen MR) is 221 cm³/mol. The Hall–Kier alpha value is -5.51. The number of ether oxygens (including phenoxy) is 2. The Bertz CT molecular complexity index is 2490. The fourth-order valence-corrected chi connectivity index (χ4v) is 9.52. The lowest BCUT2D eigenvalue weighted by atomic mass is 10.0. The van der Waals surface area contributed by atoms with Gasteiger partial charge in [-0.05, 0) is 103 Å². The van der Waals surface area contributed by atoms with Crippen LogP contribution in [0.2, 0.25) is 0 Å². The van der Waals surface area contributed by atoms with Crippen LogP contribution in [0.1, 0.15) is 84.1 Å². The molecule has 1 saturated heterocycles. The molecule has 8 rings (SSSR count). The van der Waals surface area contributed by atoms with Gasteiger partial charge in [-0.25, -0.2) is 22.6 Å². The number of fused-ring (bicyclic) bond motifs is 5. The summed E-state index contributed by atoms with van der Waals surface area (Å²) < 4.78 is 60.6. The molecule has 0 unspecified atom stereocenters. The molecule has 3 fully saturated rings. The SMILES string of the molecule is Cc1ccc2oc3c(O[C@@H]4C[C@H]5C(=O)N[C@]6(C(=O)NS(=O)(=O)C7CC7)C[C@H]6C=CCCCCC[C@H](NC(=O)OC(C)(C)C)C(=O)N5C4)cc(-c4ccc(F)cc4)nc3c2c1. The van der Waals surface area contributed by atoms with E-state index in [2.05, 4.69) is 15.4 Å². The molecule has 4 aliphatic rings. The summed E-state index contributed by atoms with van der Waals surface area (Å²) in [5.41, 5.74) is 1.10. The first kappa shape index (κ1) is 41.2. The van der Waals surface area contributed by atoms with E-state index in [-0.39, 0.29) is 31.6 Å². The van der Waals surface area contributed by atoms with E-state index in [9.17, 15) is 32.0 Å². The maximum atomic E-state index is 14.7. The summed E-state index contributed by atoms with van der Waals surface area (Å²) in [5.74, 6) is -2.61. The highest BCUT2D eigenvalue weighted by molar-refractivity contribution is 7.91. The first-order valence-corrected chi connectivity index (χ1v) is 22.2. The highest BCUT2D eigenvalue weighted by Crippen LogP contribution is 2.46. The van der Waals surface area contributed by atoms with Gasteiger partial charge in [0.05, 0.1) is 17.5 Å². The average molecular weight is 844 g/mol. The number of hydrogen-bond donors (Lipinski definition) is 3. The second-order valence-corrected chi connectivity index (χ2v) is 19.4. The van der Waals surface area contributed by atoms with E-state index < -0.39 is 80.2 Å².